The van der Waals surface area contributed by atoms with Crippen LogP contribution in [0.4, 0.5) is 0 Å². The molecule has 2 aromatic carbocycles. The van der Waals surface area contributed by atoms with Gasteiger partial charge in [0, 0.05) is 24.7 Å². The zero-order valence-electron chi connectivity index (χ0n) is 18.4. The van der Waals surface area contributed by atoms with Gasteiger partial charge in [-0.2, -0.15) is 0 Å². The number of amides is 1. The lowest BCUT2D eigenvalue weighted by molar-refractivity contribution is -0.134. The largest absolute Gasteiger partial charge is 0.483 e. The smallest absolute Gasteiger partial charge is 0.260 e. The van der Waals surface area contributed by atoms with Gasteiger partial charge in [0.1, 0.15) is 5.75 Å². The molecule has 3 rings (SSSR count). The Hall–Kier alpha value is -2.04. The third-order valence-corrected chi connectivity index (χ3v) is 6.36. The molecule has 1 aliphatic heterocycles. The van der Waals surface area contributed by atoms with Gasteiger partial charge in [-0.1, -0.05) is 42.8 Å². The minimum Gasteiger partial charge on any atom is -0.483 e. The molecule has 1 saturated heterocycles. The molecular formula is C25H33ClN2O2. The number of aryl methyl sites for hydroxylation is 1. The van der Waals surface area contributed by atoms with Crippen LogP contribution >= 0.6 is 11.6 Å². The van der Waals surface area contributed by atoms with Crippen molar-refractivity contribution in [3.63, 3.8) is 0 Å². The van der Waals surface area contributed by atoms with Gasteiger partial charge in [-0.25, -0.2) is 0 Å². The van der Waals surface area contributed by atoms with Crippen LogP contribution in [-0.2, 0) is 11.3 Å². The van der Waals surface area contributed by atoms with Gasteiger partial charge in [0.15, 0.2) is 6.61 Å². The van der Waals surface area contributed by atoms with Crippen LogP contribution < -0.4 is 4.74 Å². The maximum absolute atomic E-state index is 13.1. The Morgan fingerprint density at radius 1 is 1.13 bits per heavy atom. The van der Waals surface area contributed by atoms with Crippen molar-refractivity contribution in [3.05, 3.63) is 64.2 Å². The van der Waals surface area contributed by atoms with Gasteiger partial charge in [0.05, 0.1) is 0 Å². The first-order chi connectivity index (χ1) is 14.4. The molecule has 0 saturated carbocycles. The molecule has 1 aliphatic rings. The van der Waals surface area contributed by atoms with Crippen molar-refractivity contribution < 1.29 is 9.53 Å². The molecule has 0 radical (unpaired) electrons. The Morgan fingerprint density at radius 3 is 2.53 bits per heavy atom. The summed E-state index contributed by atoms with van der Waals surface area (Å²) in [7, 11) is 0. The molecule has 0 aliphatic carbocycles. The molecule has 30 heavy (non-hydrogen) atoms. The van der Waals surface area contributed by atoms with E-state index >= 15 is 0 Å². The van der Waals surface area contributed by atoms with E-state index in [1.165, 1.54) is 12.8 Å². The Bertz CT molecular complexity index is 830. The van der Waals surface area contributed by atoms with E-state index in [-0.39, 0.29) is 12.5 Å². The number of hydrogen-bond donors (Lipinski definition) is 0. The van der Waals surface area contributed by atoms with Crippen molar-refractivity contribution in [1.82, 2.24) is 9.80 Å². The van der Waals surface area contributed by atoms with E-state index in [9.17, 15) is 4.79 Å². The molecule has 1 amide bonds. The van der Waals surface area contributed by atoms with E-state index in [2.05, 4.69) is 24.8 Å². The summed E-state index contributed by atoms with van der Waals surface area (Å²) in [6.07, 6.45) is 2.47. The molecule has 1 fully saturated rings. The molecule has 0 atom stereocenters. The molecule has 162 valence electrons. The second-order valence-electron chi connectivity index (χ2n) is 8.45. The summed E-state index contributed by atoms with van der Waals surface area (Å²) in [6.45, 7) is 10.8. The first-order valence-corrected chi connectivity index (χ1v) is 11.2. The highest BCUT2D eigenvalue weighted by Crippen LogP contribution is 2.21. The molecular weight excluding hydrogens is 396 g/mol. The number of carbonyl (C=O) groups is 1. The minimum atomic E-state index is 0.0104. The van der Waals surface area contributed by atoms with E-state index in [0.717, 1.165) is 48.0 Å². The predicted molar refractivity (Wildman–Crippen MR) is 123 cm³/mol. The van der Waals surface area contributed by atoms with Gasteiger partial charge in [-0.3, -0.25) is 4.79 Å². The van der Waals surface area contributed by atoms with Gasteiger partial charge >= 0.3 is 0 Å². The molecule has 0 bridgehead atoms. The number of nitrogens with zero attached hydrogens (tertiary/aromatic N) is 2. The molecule has 5 heteroatoms. The van der Waals surface area contributed by atoms with Crippen LogP contribution in [0.25, 0.3) is 0 Å². The van der Waals surface area contributed by atoms with Crippen LogP contribution in [-0.4, -0.2) is 48.5 Å². The van der Waals surface area contributed by atoms with Crippen molar-refractivity contribution in [3.8, 4) is 5.75 Å². The highest BCUT2D eigenvalue weighted by atomic mass is 35.5. The summed E-state index contributed by atoms with van der Waals surface area (Å²) in [5, 5.41) is 0.706. The lowest BCUT2D eigenvalue weighted by atomic mass is 9.99. The normalized spacial score (nSPS) is 15.2. The first-order valence-electron chi connectivity index (χ1n) is 10.9. The number of likely N-dealkylation sites (tertiary alicyclic amines) is 1. The predicted octanol–water partition coefficient (Wildman–Crippen LogP) is 5.10. The summed E-state index contributed by atoms with van der Waals surface area (Å²) in [4.78, 5) is 17.4. The third kappa shape index (κ3) is 6.48. The van der Waals surface area contributed by atoms with Gasteiger partial charge in [-0.05, 0) is 80.6 Å². The number of ether oxygens (including phenoxy) is 1. The van der Waals surface area contributed by atoms with Crippen LogP contribution in [0.2, 0.25) is 5.02 Å². The van der Waals surface area contributed by atoms with Crippen molar-refractivity contribution in [2.75, 3.05) is 32.8 Å². The standard InChI is InChI=1S/C25H33ClN2O2/c1-19-11-13-27(14-12-19)15-16-28(17-22-7-9-23(26)10-8-22)25(29)18-30-24-6-4-5-20(2)21(24)3/h4-10,19H,11-18H2,1-3H3. The Morgan fingerprint density at radius 2 is 1.83 bits per heavy atom. The molecule has 1 heterocycles. The van der Waals surface area contributed by atoms with Crippen LogP contribution in [0.1, 0.15) is 36.5 Å². The molecule has 0 spiro atoms. The highest BCUT2D eigenvalue weighted by molar-refractivity contribution is 6.30. The summed E-state index contributed by atoms with van der Waals surface area (Å²) in [5.74, 6) is 1.59. The van der Waals surface area contributed by atoms with Crippen molar-refractivity contribution in [2.24, 2.45) is 5.92 Å². The van der Waals surface area contributed by atoms with E-state index in [1.54, 1.807) is 0 Å². The molecule has 0 aromatic heterocycles. The van der Waals surface area contributed by atoms with Crippen LogP contribution in [0.15, 0.2) is 42.5 Å². The lowest BCUT2D eigenvalue weighted by Gasteiger charge is -2.32. The average Bonchev–Trinajstić information content (AvgIpc) is 2.74. The Labute approximate surface area is 185 Å². The van der Waals surface area contributed by atoms with Crippen molar-refractivity contribution in [2.45, 2.75) is 40.2 Å². The van der Waals surface area contributed by atoms with Crippen LogP contribution in [0, 0.1) is 19.8 Å². The van der Waals surface area contributed by atoms with E-state index < -0.39 is 0 Å². The maximum Gasteiger partial charge on any atom is 0.260 e. The zero-order chi connectivity index (χ0) is 21.5. The van der Waals surface area contributed by atoms with Gasteiger partial charge in [0.25, 0.3) is 5.91 Å². The van der Waals surface area contributed by atoms with Crippen molar-refractivity contribution >= 4 is 17.5 Å². The monoisotopic (exact) mass is 428 g/mol. The average molecular weight is 429 g/mol. The number of hydrogen-bond acceptors (Lipinski definition) is 3. The SMILES string of the molecule is Cc1cccc(OCC(=O)N(CCN2CCC(C)CC2)Cc2ccc(Cl)cc2)c1C. The van der Waals surface area contributed by atoms with Gasteiger partial charge < -0.3 is 14.5 Å². The molecule has 2 aromatic rings. The quantitative estimate of drug-likeness (QED) is 0.586. The number of rotatable bonds is 8. The van der Waals surface area contributed by atoms with Gasteiger partial charge in [0.2, 0.25) is 0 Å². The molecule has 0 N–H and O–H groups in total. The fraction of sp³-hybridized carbons (Fsp3) is 0.480. The summed E-state index contributed by atoms with van der Waals surface area (Å²) in [6, 6.07) is 13.7. The molecule has 0 unspecified atom stereocenters. The number of benzene rings is 2. The molecule has 4 nitrogen and oxygen atoms in total. The summed E-state index contributed by atoms with van der Waals surface area (Å²) >= 11 is 6.02. The third-order valence-electron chi connectivity index (χ3n) is 6.11. The van der Waals surface area contributed by atoms with Gasteiger partial charge in [-0.15, -0.1) is 0 Å². The zero-order valence-corrected chi connectivity index (χ0v) is 19.1. The summed E-state index contributed by atoms with van der Waals surface area (Å²) < 4.78 is 5.90. The second kappa shape index (κ2) is 10.8. The first kappa shape index (κ1) is 22.6. The Kier molecular flexibility index (Phi) is 8.17. The van der Waals surface area contributed by atoms with Crippen molar-refractivity contribution in [1.29, 1.82) is 0 Å². The van der Waals surface area contributed by atoms with Crippen LogP contribution in [0.3, 0.4) is 0 Å². The number of carbonyl (C=O) groups excluding carboxylic acids is 1. The highest BCUT2D eigenvalue weighted by Gasteiger charge is 2.20. The number of piperidine rings is 1. The van der Waals surface area contributed by atoms with E-state index in [4.69, 9.17) is 16.3 Å². The minimum absolute atomic E-state index is 0.0104. The van der Waals surface area contributed by atoms with E-state index in [1.807, 2.05) is 48.2 Å². The maximum atomic E-state index is 13.1. The Balaban J connectivity index is 1.63. The lowest BCUT2D eigenvalue weighted by Crippen LogP contribution is -2.42. The van der Waals surface area contributed by atoms with Crippen LogP contribution in [0.5, 0.6) is 5.75 Å². The number of halogens is 1. The fourth-order valence-electron chi connectivity index (χ4n) is 3.76. The summed E-state index contributed by atoms with van der Waals surface area (Å²) in [5.41, 5.74) is 3.32. The van der Waals surface area contributed by atoms with E-state index in [0.29, 0.717) is 18.1 Å². The fourth-order valence-corrected chi connectivity index (χ4v) is 3.89. The topological polar surface area (TPSA) is 32.8 Å². The second-order valence-corrected chi connectivity index (χ2v) is 8.89.